The second-order valence-electron chi connectivity index (χ2n) is 6.82. The van der Waals surface area contributed by atoms with Crippen LogP contribution in [-0.4, -0.2) is 50.0 Å². The number of methoxy groups -OCH3 is 1. The zero-order chi connectivity index (χ0) is 16.8. The van der Waals surface area contributed by atoms with Crippen LogP contribution in [0.2, 0.25) is 0 Å². The van der Waals surface area contributed by atoms with Gasteiger partial charge in [0.05, 0.1) is 19.2 Å². The lowest BCUT2D eigenvalue weighted by Gasteiger charge is -2.23. The molecule has 7 nitrogen and oxygen atoms in total. The molecule has 0 aromatic rings. The molecule has 0 bridgehead atoms. The molecule has 2 atom stereocenters. The third-order valence-corrected chi connectivity index (χ3v) is 3.16. The van der Waals surface area contributed by atoms with E-state index in [0.29, 0.717) is 25.0 Å². The van der Waals surface area contributed by atoms with Gasteiger partial charge in [-0.05, 0) is 46.5 Å². The molecular weight excluding hydrogens is 284 g/mol. The van der Waals surface area contributed by atoms with Crippen LogP contribution in [-0.2, 0) is 9.47 Å². The maximum Gasteiger partial charge on any atom is 0.407 e. The van der Waals surface area contributed by atoms with Crippen LogP contribution in [0.25, 0.3) is 0 Å². The van der Waals surface area contributed by atoms with Crippen molar-refractivity contribution in [1.29, 1.82) is 0 Å². The molecule has 0 radical (unpaired) electrons. The fraction of sp³-hybridized carbons (Fsp3) is 0.867. The van der Waals surface area contributed by atoms with E-state index in [9.17, 15) is 4.79 Å². The van der Waals surface area contributed by atoms with Crippen molar-refractivity contribution in [2.24, 2.45) is 16.6 Å². The number of carbonyl (C=O) groups excluding carboxylic acids is 1. The first kappa shape index (κ1) is 18.5. The van der Waals surface area contributed by atoms with Gasteiger partial charge in [0.25, 0.3) is 0 Å². The predicted molar refractivity (Wildman–Crippen MR) is 86.8 cm³/mol. The van der Waals surface area contributed by atoms with Crippen molar-refractivity contribution in [3.8, 4) is 0 Å². The van der Waals surface area contributed by atoms with E-state index in [-0.39, 0.29) is 12.1 Å². The van der Waals surface area contributed by atoms with Gasteiger partial charge in [-0.1, -0.05) is 0 Å². The van der Waals surface area contributed by atoms with E-state index < -0.39 is 11.7 Å². The molecule has 1 aliphatic carbocycles. The number of rotatable bonds is 7. The standard InChI is InChI=1S/C15H30N4O3/c1-10(9-21-5)18-13(16)17-8-12(11-6-7-11)19-14(20)22-15(2,3)4/h10-12H,6-9H2,1-5H3,(H,19,20)(H3,16,17,18). The van der Waals surface area contributed by atoms with Crippen molar-refractivity contribution in [2.45, 2.75) is 58.2 Å². The Balaban J connectivity index is 2.46. The first-order chi connectivity index (χ1) is 10.2. The number of ether oxygens (including phenoxy) is 2. The van der Waals surface area contributed by atoms with E-state index in [1.807, 2.05) is 27.7 Å². The summed E-state index contributed by atoms with van der Waals surface area (Å²) in [4.78, 5) is 16.2. The van der Waals surface area contributed by atoms with E-state index >= 15 is 0 Å². The van der Waals surface area contributed by atoms with Gasteiger partial charge in [-0.2, -0.15) is 0 Å². The van der Waals surface area contributed by atoms with Gasteiger partial charge in [0, 0.05) is 13.2 Å². The van der Waals surface area contributed by atoms with Gasteiger partial charge in [-0.15, -0.1) is 0 Å². The number of hydrogen-bond acceptors (Lipinski definition) is 4. The Morgan fingerprint density at radius 3 is 2.50 bits per heavy atom. The van der Waals surface area contributed by atoms with Crippen LogP contribution in [0.1, 0.15) is 40.5 Å². The van der Waals surface area contributed by atoms with E-state index in [1.54, 1.807) is 7.11 Å². The average Bonchev–Trinajstić information content (AvgIpc) is 3.16. The fourth-order valence-electron chi connectivity index (χ4n) is 2.06. The molecule has 0 heterocycles. The molecule has 0 aliphatic heterocycles. The van der Waals surface area contributed by atoms with Crippen molar-refractivity contribution in [1.82, 2.24) is 10.6 Å². The Hall–Kier alpha value is -1.50. The molecule has 0 spiro atoms. The van der Waals surface area contributed by atoms with Crippen LogP contribution in [0.4, 0.5) is 4.79 Å². The zero-order valence-electron chi connectivity index (χ0n) is 14.3. The lowest BCUT2D eigenvalue weighted by Crippen LogP contribution is -2.44. The van der Waals surface area contributed by atoms with E-state index in [1.165, 1.54) is 0 Å². The van der Waals surface area contributed by atoms with Gasteiger partial charge in [0.15, 0.2) is 5.96 Å². The van der Waals surface area contributed by atoms with Crippen molar-refractivity contribution in [3.05, 3.63) is 0 Å². The molecule has 1 aliphatic rings. The summed E-state index contributed by atoms with van der Waals surface area (Å²) >= 11 is 0. The predicted octanol–water partition coefficient (Wildman–Crippen LogP) is 1.23. The summed E-state index contributed by atoms with van der Waals surface area (Å²) in [5.41, 5.74) is 5.34. The van der Waals surface area contributed by atoms with Crippen molar-refractivity contribution in [2.75, 3.05) is 20.3 Å². The summed E-state index contributed by atoms with van der Waals surface area (Å²) in [6.07, 6.45) is 1.80. The van der Waals surface area contributed by atoms with Crippen LogP contribution < -0.4 is 16.4 Å². The third kappa shape index (κ3) is 8.07. The van der Waals surface area contributed by atoms with Crippen LogP contribution in [0.3, 0.4) is 0 Å². The summed E-state index contributed by atoms with van der Waals surface area (Å²) in [6, 6.07) is 0.0554. The molecule has 1 fully saturated rings. The highest BCUT2D eigenvalue weighted by Gasteiger charge is 2.33. The molecule has 128 valence electrons. The zero-order valence-corrected chi connectivity index (χ0v) is 14.3. The molecule has 2 unspecified atom stereocenters. The van der Waals surface area contributed by atoms with Gasteiger partial charge in [0.2, 0.25) is 0 Å². The van der Waals surface area contributed by atoms with Gasteiger partial charge < -0.3 is 25.8 Å². The first-order valence-corrected chi connectivity index (χ1v) is 7.76. The lowest BCUT2D eigenvalue weighted by atomic mass is 10.2. The number of hydrogen-bond donors (Lipinski definition) is 3. The molecule has 0 saturated heterocycles. The molecule has 7 heteroatoms. The SMILES string of the molecule is COCC(C)NC(N)=NCC(NC(=O)OC(C)(C)C)C1CC1. The van der Waals surface area contributed by atoms with Crippen LogP contribution in [0.5, 0.6) is 0 Å². The average molecular weight is 314 g/mol. The van der Waals surface area contributed by atoms with Crippen LogP contribution >= 0.6 is 0 Å². The molecule has 1 rings (SSSR count). The Kier molecular flexibility index (Phi) is 6.93. The van der Waals surface area contributed by atoms with Crippen molar-refractivity contribution in [3.63, 3.8) is 0 Å². The highest BCUT2D eigenvalue weighted by molar-refractivity contribution is 5.78. The minimum Gasteiger partial charge on any atom is -0.444 e. The molecule has 1 amide bonds. The third-order valence-electron chi connectivity index (χ3n) is 3.16. The summed E-state index contributed by atoms with van der Waals surface area (Å²) < 4.78 is 10.3. The number of alkyl carbamates (subject to hydrolysis) is 1. The summed E-state index contributed by atoms with van der Waals surface area (Å²) in [5, 5.41) is 5.94. The number of carbonyl (C=O) groups is 1. The Bertz CT molecular complexity index is 389. The highest BCUT2D eigenvalue weighted by atomic mass is 16.6. The molecular formula is C15H30N4O3. The normalized spacial score (nSPS) is 18.5. The second kappa shape index (κ2) is 8.22. The number of nitrogens with two attached hydrogens (primary N) is 1. The number of nitrogens with zero attached hydrogens (tertiary/aromatic N) is 1. The molecule has 0 aromatic heterocycles. The van der Waals surface area contributed by atoms with Gasteiger partial charge in [-0.25, -0.2) is 4.79 Å². The summed E-state index contributed by atoms with van der Waals surface area (Å²) in [6.45, 7) is 8.49. The maximum absolute atomic E-state index is 11.9. The molecule has 0 aromatic carbocycles. The lowest BCUT2D eigenvalue weighted by molar-refractivity contribution is 0.0500. The number of aliphatic imine (C=N–C) groups is 1. The number of guanidine groups is 1. The second-order valence-corrected chi connectivity index (χ2v) is 6.82. The van der Waals surface area contributed by atoms with Gasteiger partial charge >= 0.3 is 6.09 Å². The largest absolute Gasteiger partial charge is 0.444 e. The van der Waals surface area contributed by atoms with Crippen molar-refractivity contribution < 1.29 is 14.3 Å². The van der Waals surface area contributed by atoms with E-state index in [0.717, 1.165) is 12.8 Å². The van der Waals surface area contributed by atoms with E-state index in [2.05, 4.69) is 15.6 Å². The topological polar surface area (TPSA) is 98.0 Å². The Morgan fingerprint density at radius 1 is 1.36 bits per heavy atom. The number of nitrogens with one attached hydrogen (secondary N) is 2. The minimum atomic E-state index is -0.502. The fourth-order valence-corrected chi connectivity index (χ4v) is 2.06. The number of amides is 1. The highest BCUT2D eigenvalue weighted by Crippen LogP contribution is 2.32. The quantitative estimate of drug-likeness (QED) is 0.485. The van der Waals surface area contributed by atoms with Crippen LogP contribution in [0, 0.1) is 5.92 Å². The Morgan fingerprint density at radius 2 is 2.00 bits per heavy atom. The molecule has 4 N–H and O–H groups in total. The monoisotopic (exact) mass is 314 g/mol. The minimum absolute atomic E-state index is 0.0343. The summed E-state index contributed by atoms with van der Waals surface area (Å²) in [5.74, 6) is 0.821. The van der Waals surface area contributed by atoms with Gasteiger partial charge in [-0.3, -0.25) is 4.99 Å². The van der Waals surface area contributed by atoms with Crippen molar-refractivity contribution >= 4 is 12.1 Å². The molecule has 1 saturated carbocycles. The van der Waals surface area contributed by atoms with Crippen LogP contribution in [0.15, 0.2) is 4.99 Å². The first-order valence-electron chi connectivity index (χ1n) is 7.76. The maximum atomic E-state index is 11.9. The van der Waals surface area contributed by atoms with E-state index in [4.69, 9.17) is 15.2 Å². The van der Waals surface area contributed by atoms with Gasteiger partial charge in [0.1, 0.15) is 5.60 Å². The Labute approximate surface area is 133 Å². The molecule has 22 heavy (non-hydrogen) atoms. The smallest absolute Gasteiger partial charge is 0.407 e. The summed E-state index contributed by atoms with van der Waals surface area (Å²) in [7, 11) is 1.64.